The smallest absolute Gasteiger partial charge is 0.0419 e. The molecule has 1 fully saturated rings. The van der Waals surface area contributed by atoms with Gasteiger partial charge in [0, 0.05) is 24.8 Å². The molecule has 18 heavy (non-hydrogen) atoms. The molecule has 2 heteroatoms. The second-order valence-corrected chi connectivity index (χ2v) is 6.08. The van der Waals surface area contributed by atoms with E-state index in [1.807, 2.05) is 0 Å². The van der Waals surface area contributed by atoms with Gasteiger partial charge in [-0.2, -0.15) is 0 Å². The highest BCUT2D eigenvalue weighted by Crippen LogP contribution is 2.30. The van der Waals surface area contributed by atoms with Gasteiger partial charge in [-0.25, -0.2) is 0 Å². The van der Waals surface area contributed by atoms with Crippen LogP contribution in [0.15, 0.2) is 18.2 Å². The Morgan fingerprint density at radius 3 is 3.06 bits per heavy atom. The van der Waals surface area contributed by atoms with Crippen molar-refractivity contribution in [2.24, 2.45) is 5.92 Å². The summed E-state index contributed by atoms with van der Waals surface area (Å²) in [6.45, 7) is 8.25. The molecule has 3 rings (SSSR count). The lowest BCUT2D eigenvalue weighted by molar-refractivity contribution is 0.122. The maximum Gasteiger partial charge on any atom is 0.0419 e. The molecule has 0 spiro atoms. The molecule has 0 aromatic heterocycles. The molecule has 1 aromatic rings. The maximum absolute atomic E-state index is 3.56. The van der Waals surface area contributed by atoms with Crippen LogP contribution in [0.4, 0.5) is 5.69 Å². The predicted molar refractivity (Wildman–Crippen MR) is 76.9 cm³/mol. The van der Waals surface area contributed by atoms with Crippen LogP contribution >= 0.6 is 0 Å². The van der Waals surface area contributed by atoms with E-state index in [1.165, 1.54) is 42.6 Å². The molecule has 2 atom stereocenters. The Morgan fingerprint density at radius 1 is 1.33 bits per heavy atom. The van der Waals surface area contributed by atoms with E-state index in [0.29, 0.717) is 0 Å². The van der Waals surface area contributed by atoms with E-state index < -0.39 is 0 Å². The molecule has 2 aliphatic heterocycles. The summed E-state index contributed by atoms with van der Waals surface area (Å²) in [6, 6.07) is 7.51. The fourth-order valence-corrected chi connectivity index (χ4v) is 3.45. The molecule has 1 N–H and O–H groups in total. The van der Waals surface area contributed by atoms with Crippen LogP contribution in [0.25, 0.3) is 0 Å². The van der Waals surface area contributed by atoms with Crippen LogP contribution in [0, 0.1) is 5.92 Å². The van der Waals surface area contributed by atoms with Gasteiger partial charge in [-0.05, 0) is 49.8 Å². The number of rotatable bonds is 2. The van der Waals surface area contributed by atoms with Crippen molar-refractivity contribution in [3.8, 4) is 0 Å². The third-order valence-corrected chi connectivity index (χ3v) is 4.58. The Labute approximate surface area is 110 Å². The van der Waals surface area contributed by atoms with E-state index in [-0.39, 0.29) is 0 Å². The largest absolute Gasteiger partial charge is 0.384 e. The van der Waals surface area contributed by atoms with Gasteiger partial charge in [0.2, 0.25) is 0 Å². The van der Waals surface area contributed by atoms with Gasteiger partial charge in [0.25, 0.3) is 0 Å². The van der Waals surface area contributed by atoms with Crippen molar-refractivity contribution in [3.63, 3.8) is 0 Å². The summed E-state index contributed by atoms with van der Waals surface area (Å²) < 4.78 is 0. The molecule has 1 aromatic carbocycles. The van der Waals surface area contributed by atoms with Gasteiger partial charge in [-0.15, -0.1) is 0 Å². The minimum absolute atomic E-state index is 0.728. The Hall–Kier alpha value is -1.02. The lowest BCUT2D eigenvalue weighted by Crippen LogP contribution is -2.39. The highest BCUT2D eigenvalue weighted by atomic mass is 15.2. The number of nitrogens with zero attached hydrogens (tertiary/aromatic N) is 1. The van der Waals surface area contributed by atoms with Crippen molar-refractivity contribution in [2.45, 2.75) is 45.7 Å². The SMILES string of the molecule is CC1CCN(Cc2cccc3c2NCC3)C(C)C1. The van der Waals surface area contributed by atoms with Crippen molar-refractivity contribution in [3.05, 3.63) is 29.3 Å². The van der Waals surface area contributed by atoms with Gasteiger partial charge in [0.15, 0.2) is 0 Å². The van der Waals surface area contributed by atoms with E-state index in [2.05, 4.69) is 42.3 Å². The molecule has 0 bridgehead atoms. The quantitative estimate of drug-likeness (QED) is 0.859. The predicted octanol–water partition coefficient (Wildman–Crippen LogP) is 3.28. The topological polar surface area (TPSA) is 15.3 Å². The van der Waals surface area contributed by atoms with E-state index in [4.69, 9.17) is 0 Å². The summed E-state index contributed by atoms with van der Waals surface area (Å²) in [4.78, 5) is 2.65. The standard InChI is InChI=1S/C16H24N2/c1-12-7-9-18(13(2)10-12)11-15-5-3-4-14-6-8-17-16(14)15/h3-5,12-13,17H,6-11H2,1-2H3. The van der Waals surface area contributed by atoms with E-state index in [0.717, 1.165) is 25.0 Å². The molecule has 0 aliphatic carbocycles. The van der Waals surface area contributed by atoms with Gasteiger partial charge in [0.1, 0.15) is 0 Å². The molecule has 0 saturated carbocycles. The number of likely N-dealkylation sites (tertiary alicyclic amines) is 1. The van der Waals surface area contributed by atoms with Crippen molar-refractivity contribution in [1.29, 1.82) is 0 Å². The summed E-state index contributed by atoms with van der Waals surface area (Å²) in [5.41, 5.74) is 4.42. The van der Waals surface area contributed by atoms with Crippen LogP contribution in [0.2, 0.25) is 0 Å². The average molecular weight is 244 g/mol. The fourth-order valence-electron chi connectivity index (χ4n) is 3.45. The van der Waals surface area contributed by atoms with Crippen molar-refractivity contribution >= 4 is 5.69 Å². The van der Waals surface area contributed by atoms with Crippen LogP contribution in [-0.4, -0.2) is 24.0 Å². The number of nitrogens with one attached hydrogen (secondary N) is 1. The van der Waals surface area contributed by atoms with Crippen LogP contribution in [0.5, 0.6) is 0 Å². The summed E-state index contributed by atoms with van der Waals surface area (Å²) in [6.07, 6.45) is 3.89. The van der Waals surface area contributed by atoms with Crippen LogP contribution in [0.3, 0.4) is 0 Å². The Kier molecular flexibility index (Phi) is 3.29. The Morgan fingerprint density at radius 2 is 2.22 bits per heavy atom. The lowest BCUT2D eigenvalue weighted by Gasteiger charge is -2.36. The zero-order chi connectivity index (χ0) is 12.5. The summed E-state index contributed by atoms with van der Waals surface area (Å²) >= 11 is 0. The van der Waals surface area contributed by atoms with Crippen LogP contribution < -0.4 is 5.32 Å². The normalized spacial score (nSPS) is 27.9. The average Bonchev–Trinajstić information content (AvgIpc) is 2.82. The first kappa shape index (κ1) is 12.0. The van der Waals surface area contributed by atoms with E-state index in [1.54, 1.807) is 0 Å². The lowest BCUT2D eigenvalue weighted by atomic mass is 9.93. The minimum atomic E-state index is 0.728. The van der Waals surface area contributed by atoms with Gasteiger partial charge in [-0.3, -0.25) is 4.90 Å². The first-order valence-electron chi connectivity index (χ1n) is 7.32. The zero-order valence-corrected chi connectivity index (χ0v) is 11.6. The molecule has 2 heterocycles. The Balaban J connectivity index is 1.75. The van der Waals surface area contributed by atoms with Crippen molar-refractivity contribution in [2.75, 3.05) is 18.4 Å². The fraction of sp³-hybridized carbons (Fsp3) is 0.625. The molecular formula is C16H24N2. The first-order chi connectivity index (χ1) is 8.74. The number of benzene rings is 1. The number of fused-ring (bicyclic) bond motifs is 1. The molecule has 1 saturated heterocycles. The number of para-hydroxylation sites is 1. The second-order valence-electron chi connectivity index (χ2n) is 6.08. The van der Waals surface area contributed by atoms with Crippen LogP contribution in [0.1, 0.15) is 37.8 Å². The highest BCUT2D eigenvalue weighted by Gasteiger charge is 2.24. The van der Waals surface area contributed by atoms with Crippen molar-refractivity contribution in [1.82, 2.24) is 4.90 Å². The van der Waals surface area contributed by atoms with E-state index in [9.17, 15) is 0 Å². The minimum Gasteiger partial charge on any atom is -0.384 e. The third-order valence-electron chi connectivity index (χ3n) is 4.58. The van der Waals surface area contributed by atoms with E-state index >= 15 is 0 Å². The number of piperidine rings is 1. The molecule has 0 radical (unpaired) electrons. The summed E-state index contributed by atoms with van der Waals surface area (Å²) in [5.74, 6) is 0.899. The molecule has 2 unspecified atom stereocenters. The molecule has 2 nitrogen and oxygen atoms in total. The summed E-state index contributed by atoms with van der Waals surface area (Å²) in [7, 11) is 0. The maximum atomic E-state index is 3.56. The molecule has 98 valence electrons. The van der Waals surface area contributed by atoms with Gasteiger partial charge in [0.05, 0.1) is 0 Å². The van der Waals surface area contributed by atoms with Gasteiger partial charge < -0.3 is 5.32 Å². The summed E-state index contributed by atoms with van der Waals surface area (Å²) in [5, 5.41) is 3.56. The highest BCUT2D eigenvalue weighted by molar-refractivity contribution is 5.61. The Bertz CT molecular complexity index is 427. The molecule has 2 aliphatic rings. The van der Waals surface area contributed by atoms with Gasteiger partial charge in [-0.1, -0.05) is 25.1 Å². The van der Waals surface area contributed by atoms with Crippen LogP contribution in [-0.2, 0) is 13.0 Å². The monoisotopic (exact) mass is 244 g/mol. The van der Waals surface area contributed by atoms with Crippen molar-refractivity contribution < 1.29 is 0 Å². The molecular weight excluding hydrogens is 220 g/mol. The number of hydrogen-bond donors (Lipinski definition) is 1. The number of hydrogen-bond acceptors (Lipinski definition) is 2. The first-order valence-corrected chi connectivity index (χ1v) is 7.32. The van der Waals surface area contributed by atoms with Gasteiger partial charge >= 0.3 is 0 Å². The third kappa shape index (κ3) is 2.26. The number of anilines is 1. The molecule has 0 amide bonds. The second kappa shape index (κ2) is 4.93. The zero-order valence-electron chi connectivity index (χ0n) is 11.6.